The summed E-state index contributed by atoms with van der Waals surface area (Å²) >= 11 is 7.44. The quantitative estimate of drug-likeness (QED) is 0.471. The highest BCUT2D eigenvalue weighted by molar-refractivity contribution is 7.71. The fourth-order valence-electron chi connectivity index (χ4n) is 3.63. The van der Waals surface area contributed by atoms with E-state index in [0.717, 1.165) is 29.1 Å². The van der Waals surface area contributed by atoms with Crippen LogP contribution in [0, 0.1) is 11.7 Å². The number of para-hydroxylation sites is 1. The third-order valence-corrected chi connectivity index (χ3v) is 6.51. The molecule has 26 heavy (non-hydrogen) atoms. The number of hydrogen-bond acceptors (Lipinski definition) is 5. The van der Waals surface area contributed by atoms with E-state index in [4.69, 9.17) is 17.2 Å². The van der Waals surface area contributed by atoms with Gasteiger partial charge >= 0.3 is 0 Å². The number of aryl methyl sites for hydroxylation is 1. The van der Waals surface area contributed by atoms with E-state index in [1.54, 1.807) is 0 Å². The molecule has 0 N–H and O–H groups in total. The van der Waals surface area contributed by atoms with Gasteiger partial charge in [-0.05, 0) is 44.1 Å². The molecule has 1 saturated heterocycles. The van der Waals surface area contributed by atoms with Gasteiger partial charge in [0, 0.05) is 13.1 Å². The topological polar surface area (TPSA) is 38.9 Å². The maximum Gasteiger partial charge on any atom is 0.199 e. The highest BCUT2D eigenvalue weighted by Crippen LogP contribution is 2.35. The molecular formula is C19H23N5S2. The van der Waals surface area contributed by atoms with Crippen LogP contribution >= 0.6 is 23.6 Å². The molecule has 136 valence electrons. The maximum absolute atomic E-state index is 5.63. The second kappa shape index (κ2) is 7.42. The molecule has 1 aromatic carbocycles. The number of fused-ring (bicyclic) bond motifs is 1. The Labute approximate surface area is 162 Å². The minimum atomic E-state index is 0.341. The molecular weight excluding hydrogens is 362 g/mol. The van der Waals surface area contributed by atoms with Crippen LogP contribution in [0.5, 0.6) is 0 Å². The van der Waals surface area contributed by atoms with E-state index in [0.29, 0.717) is 19.3 Å². The van der Waals surface area contributed by atoms with Crippen LogP contribution in [0.15, 0.2) is 36.9 Å². The molecule has 0 radical (unpaired) electrons. The van der Waals surface area contributed by atoms with E-state index in [1.807, 2.05) is 33.6 Å². The molecule has 2 aromatic heterocycles. The van der Waals surface area contributed by atoms with Crippen molar-refractivity contribution in [3.8, 4) is 0 Å². The second-order valence-corrected chi connectivity index (χ2v) is 8.14. The van der Waals surface area contributed by atoms with Crippen molar-refractivity contribution in [2.45, 2.75) is 45.4 Å². The summed E-state index contributed by atoms with van der Waals surface area (Å²) in [5, 5.41) is 5.87. The molecule has 7 heteroatoms. The van der Waals surface area contributed by atoms with Crippen molar-refractivity contribution in [3.05, 3.63) is 52.5 Å². The normalized spacial score (nSPS) is 18.4. The summed E-state index contributed by atoms with van der Waals surface area (Å²) in [6.45, 7) is 8.28. The van der Waals surface area contributed by atoms with Gasteiger partial charge in [-0.1, -0.05) is 24.6 Å². The SMILES string of the molecule is C=CCn1c(C)nn(CN2CCCC[C@H]2c2nc3ccccc3s2)c1=S. The first-order valence-electron chi connectivity index (χ1n) is 9.02. The van der Waals surface area contributed by atoms with Gasteiger partial charge in [0.2, 0.25) is 0 Å². The van der Waals surface area contributed by atoms with Crippen LogP contribution in [0.1, 0.15) is 36.1 Å². The predicted molar refractivity (Wildman–Crippen MR) is 109 cm³/mol. The smallest absolute Gasteiger partial charge is 0.199 e. The zero-order valence-corrected chi connectivity index (χ0v) is 16.6. The Morgan fingerprint density at radius 3 is 3.00 bits per heavy atom. The lowest BCUT2D eigenvalue weighted by Crippen LogP contribution is -2.35. The molecule has 0 unspecified atom stereocenters. The van der Waals surface area contributed by atoms with Crippen LogP contribution in [0.4, 0.5) is 0 Å². The molecule has 0 bridgehead atoms. The van der Waals surface area contributed by atoms with Gasteiger partial charge in [0.25, 0.3) is 0 Å². The third kappa shape index (κ3) is 3.26. The molecule has 1 aliphatic rings. The second-order valence-electron chi connectivity index (χ2n) is 6.71. The molecule has 1 fully saturated rings. The van der Waals surface area contributed by atoms with Gasteiger partial charge < -0.3 is 4.57 Å². The number of hydrogen-bond donors (Lipinski definition) is 0. The van der Waals surface area contributed by atoms with E-state index < -0.39 is 0 Å². The summed E-state index contributed by atoms with van der Waals surface area (Å²) in [5.41, 5.74) is 1.10. The fourth-order valence-corrected chi connectivity index (χ4v) is 5.07. The molecule has 0 aliphatic carbocycles. The first kappa shape index (κ1) is 17.6. The number of rotatable bonds is 5. The Balaban J connectivity index is 1.63. The molecule has 3 aromatic rings. The number of benzene rings is 1. The van der Waals surface area contributed by atoms with Crippen molar-refractivity contribution in [1.82, 2.24) is 24.2 Å². The van der Waals surface area contributed by atoms with Crippen LogP contribution in [0.25, 0.3) is 10.2 Å². The summed E-state index contributed by atoms with van der Waals surface area (Å²) in [6.07, 6.45) is 5.45. The first-order chi connectivity index (χ1) is 12.7. The highest BCUT2D eigenvalue weighted by atomic mass is 32.1. The van der Waals surface area contributed by atoms with Crippen LogP contribution in [-0.2, 0) is 13.2 Å². The highest BCUT2D eigenvalue weighted by Gasteiger charge is 2.27. The van der Waals surface area contributed by atoms with Crippen LogP contribution in [-0.4, -0.2) is 30.8 Å². The lowest BCUT2D eigenvalue weighted by Gasteiger charge is -2.34. The monoisotopic (exact) mass is 385 g/mol. The molecule has 0 amide bonds. The van der Waals surface area contributed by atoms with E-state index >= 15 is 0 Å². The average molecular weight is 386 g/mol. The lowest BCUT2D eigenvalue weighted by atomic mass is 10.0. The van der Waals surface area contributed by atoms with E-state index in [-0.39, 0.29) is 0 Å². The van der Waals surface area contributed by atoms with Gasteiger partial charge in [0.05, 0.1) is 22.9 Å². The number of likely N-dealkylation sites (tertiary alicyclic amines) is 1. The zero-order valence-electron chi connectivity index (χ0n) is 15.0. The van der Waals surface area contributed by atoms with Gasteiger partial charge in [0.15, 0.2) is 4.77 Å². The van der Waals surface area contributed by atoms with E-state index in [9.17, 15) is 0 Å². The Morgan fingerprint density at radius 2 is 2.19 bits per heavy atom. The van der Waals surface area contributed by atoms with Gasteiger partial charge in [-0.2, -0.15) is 5.10 Å². The number of nitrogens with zero attached hydrogens (tertiary/aromatic N) is 5. The van der Waals surface area contributed by atoms with Crippen molar-refractivity contribution in [2.75, 3.05) is 6.54 Å². The summed E-state index contributed by atoms with van der Waals surface area (Å²) in [6, 6.07) is 8.72. The van der Waals surface area contributed by atoms with Crippen molar-refractivity contribution in [2.24, 2.45) is 0 Å². The minimum absolute atomic E-state index is 0.341. The van der Waals surface area contributed by atoms with Gasteiger partial charge in [-0.3, -0.25) is 4.90 Å². The van der Waals surface area contributed by atoms with Crippen LogP contribution < -0.4 is 0 Å². The molecule has 0 saturated carbocycles. The lowest BCUT2D eigenvalue weighted by molar-refractivity contribution is 0.103. The average Bonchev–Trinajstić information content (AvgIpc) is 3.19. The van der Waals surface area contributed by atoms with Crippen LogP contribution in [0.3, 0.4) is 0 Å². The summed E-state index contributed by atoms with van der Waals surface area (Å²) in [4.78, 5) is 7.38. The predicted octanol–water partition coefficient (Wildman–Crippen LogP) is 4.70. The summed E-state index contributed by atoms with van der Waals surface area (Å²) in [7, 11) is 0. The Morgan fingerprint density at radius 1 is 1.35 bits per heavy atom. The van der Waals surface area contributed by atoms with Crippen LogP contribution in [0.2, 0.25) is 0 Å². The number of piperidine rings is 1. The minimum Gasteiger partial charge on any atom is -0.300 e. The standard InChI is InChI=1S/C19H23N5S2/c1-3-11-23-14(2)21-24(19(23)25)13-22-12-7-6-9-16(22)18-20-15-8-4-5-10-17(15)26-18/h3-5,8,10,16H,1,6-7,9,11-13H2,2H3/t16-/m0/s1. The van der Waals surface area contributed by atoms with Gasteiger partial charge in [0.1, 0.15) is 10.8 Å². The van der Waals surface area contributed by atoms with Crippen molar-refractivity contribution in [3.63, 3.8) is 0 Å². The first-order valence-corrected chi connectivity index (χ1v) is 10.2. The zero-order chi connectivity index (χ0) is 18.1. The fraction of sp³-hybridized carbons (Fsp3) is 0.421. The van der Waals surface area contributed by atoms with Crippen molar-refractivity contribution in [1.29, 1.82) is 0 Å². The summed E-state index contributed by atoms with van der Waals surface area (Å²) < 4.78 is 5.99. The van der Waals surface area contributed by atoms with E-state index in [2.05, 4.69) is 40.8 Å². The molecule has 0 spiro atoms. The van der Waals surface area contributed by atoms with Crippen molar-refractivity contribution < 1.29 is 0 Å². The molecule has 1 atom stereocenters. The van der Waals surface area contributed by atoms with E-state index in [1.165, 1.54) is 22.5 Å². The Bertz CT molecular complexity index is 950. The molecule has 3 heterocycles. The third-order valence-electron chi connectivity index (χ3n) is 4.94. The largest absolute Gasteiger partial charge is 0.300 e. The number of aromatic nitrogens is 4. The van der Waals surface area contributed by atoms with Gasteiger partial charge in [-0.15, -0.1) is 17.9 Å². The molecule has 5 nitrogen and oxygen atoms in total. The Kier molecular flexibility index (Phi) is 5.02. The Hall–Kier alpha value is -1.83. The number of allylic oxidation sites excluding steroid dienone is 1. The summed E-state index contributed by atoms with van der Waals surface area (Å²) in [5.74, 6) is 0.934. The molecule has 1 aliphatic heterocycles. The van der Waals surface area contributed by atoms with Crippen molar-refractivity contribution >= 4 is 33.8 Å². The molecule has 4 rings (SSSR count). The van der Waals surface area contributed by atoms with Gasteiger partial charge in [-0.25, -0.2) is 9.67 Å². The maximum atomic E-state index is 5.63. The number of thiazole rings is 1.